The second-order valence-corrected chi connectivity index (χ2v) is 5.67. The summed E-state index contributed by atoms with van der Waals surface area (Å²) in [5.41, 5.74) is 7.43. The zero-order valence-corrected chi connectivity index (χ0v) is 13.7. The number of nitrogens with two attached hydrogens (primary N) is 1. The first-order valence-electron chi connectivity index (χ1n) is 7.63. The maximum absolute atomic E-state index is 14.4. The smallest absolute Gasteiger partial charge is 0.419 e. The maximum Gasteiger partial charge on any atom is 0.419 e. The van der Waals surface area contributed by atoms with Gasteiger partial charge in [0.2, 0.25) is 0 Å². The van der Waals surface area contributed by atoms with Crippen LogP contribution in [0.15, 0.2) is 45.6 Å². The molecule has 0 fully saturated rings. The Labute approximate surface area is 147 Å². The number of rotatable bonds is 4. The van der Waals surface area contributed by atoms with Crippen molar-refractivity contribution < 1.29 is 18.3 Å². The van der Waals surface area contributed by atoms with Crippen molar-refractivity contribution in [3.63, 3.8) is 0 Å². The Balaban J connectivity index is 1.92. The second kappa shape index (κ2) is 6.72. The molecule has 0 saturated carbocycles. The predicted molar refractivity (Wildman–Crippen MR) is 90.6 cm³/mol. The van der Waals surface area contributed by atoms with Crippen molar-refractivity contribution in [3.05, 3.63) is 58.3 Å². The molecule has 1 aromatic heterocycles. The van der Waals surface area contributed by atoms with Gasteiger partial charge in [0, 0.05) is 13.5 Å². The molecule has 2 aromatic carbocycles. The van der Waals surface area contributed by atoms with E-state index >= 15 is 0 Å². The summed E-state index contributed by atoms with van der Waals surface area (Å²) in [6, 6.07) is 11.3. The molecule has 3 rings (SSSR count). The minimum absolute atomic E-state index is 0.110. The summed E-state index contributed by atoms with van der Waals surface area (Å²) in [5.74, 6) is -1.02. The number of aryl methyl sites for hydroxylation is 1. The van der Waals surface area contributed by atoms with Crippen LogP contribution in [0, 0.1) is 17.1 Å². The van der Waals surface area contributed by atoms with Crippen molar-refractivity contribution in [1.82, 2.24) is 4.57 Å². The normalized spacial score (nSPS) is 11.9. The lowest BCUT2D eigenvalue weighted by molar-refractivity contribution is 0.132. The number of nitrogens with zero attached hydrogens (tertiary/aromatic N) is 2. The molecule has 132 valence electrons. The van der Waals surface area contributed by atoms with E-state index in [9.17, 15) is 14.0 Å². The first-order valence-corrected chi connectivity index (χ1v) is 7.63. The van der Waals surface area contributed by atoms with Crippen molar-refractivity contribution in [2.24, 2.45) is 12.8 Å². The van der Waals surface area contributed by atoms with Crippen LogP contribution >= 0.6 is 0 Å². The molecule has 2 N–H and O–H groups in total. The highest BCUT2D eigenvalue weighted by Crippen LogP contribution is 2.26. The molecule has 3 aromatic rings. The molecule has 7 nitrogen and oxygen atoms in total. The average Bonchev–Trinajstić information content (AvgIpc) is 2.89. The Morgan fingerprint density at radius 2 is 2.04 bits per heavy atom. The van der Waals surface area contributed by atoms with Crippen molar-refractivity contribution in [2.75, 3.05) is 0 Å². The van der Waals surface area contributed by atoms with Gasteiger partial charge in [-0.3, -0.25) is 4.57 Å². The van der Waals surface area contributed by atoms with Crippen LogP contribution in [0.25, 0.3) is 22.2 Å². The summed E-state index contributed by atoms with van der Waals surface area (Å²) >= 11 is 0. The lowest BCUT2D eigenvalue weighted by atomic mass is 10.0. The largest absolute Gasteiger partial charge is 0.431 e. The number of carbonyl (C=O) groups excluding carboxylic acids is 1. The number of fused-ring (bicyclic) bond motifs is 1. The Bertz CT molecular complexity index is 1090. The number of amides is 1. The summed E-state index contributed by atoms with van der Waals surface area (Å²) in [7, 11) is 1.59. The summed E-state index contributed by atoms with van der Waals surface area (Å²) in [4.78, 5) is 22.3. The predicted octanol–water partition coefficient (Wildman–Crippen LogP) is 2.47. The van der Waals surface area contributed by atoms with E-state index < -0.39 is 23.8 Å². The van der Waals surface area contributed by atoms with E-state index in [1.54, 1.807) is 37.4 Å². The minimum Gasteiger partial charge on any atom is -0.431 e. The van der Waals surface area contributed by atoms with Gasteiger partial charge < -0.3 is 14.9 Å². The lowest BCUT2D eigenvalue weighted by Crippen LogP contribution is -2.23. The Kier molecular flexibility index (Phi) is 4.45. The molecule has 0 aliphatic heterocycles. The van der Waals surface area contributed by atoms with Gasteiger partial charge in [0.25, 0.3) is 0 Å². The molecule has 8 heteroatoms. The standard InChI is InChI=1S/C18H14FN3O4/c1-22-15-8-11(4-5-16(15)26-18(22)24)10-2-3-12(14(19)7-10)6-13(9-20)25-17(21)23/h2-5,7-8,13H,6H2,1H3,(H2,21,23). The molecule has 0 bridgehead atoms. The van der Waals surface area contributed by atoms with Gasteiger partial charge in [-0.1, -0.05) is 18.2 Å². The number of hydrogen-bond donors (Lipinski definition) is 1. The quantitative estimate of drug-likeness (QED) is 0.773. The number of primary amides is 1. The number of ether oxygens (including phenoxy) is 1. The van der Waals surface area contributed by atoms with E-state index in [1.165, 1.54) is 16.7 Å². The van der Waals surface area contributed by atoms with Crippen LogP contribution in [0.4, 0.5) is 9.18 Å². The topological polar surface area (TPSA) is 111 Å². The molecule has 1 atom stereocenters. The molecule has 1 heterocycles. The third-order valence-corrected chi connectivity index (χ3v) is 3.99. The van der Waals surface area contributed by atoms with Crippen LogP contribution in [0.5, 0.6) is 0 Å². The average molecular weight is 355 g/mol. The van der Waals surface area contributed by atoms with Crippen molar-refractivity contribution in [3.8, 4) is 17.2 Å². The van der Waals surface area contributed by atoms with Crippen LogP contribution in [0.1, 0.15) is 5.56 Å². The molecular weight excluding hydrogens is 341 g/mol. The number of benzene rings is 2. The van der Waals surface area contributed by atoms with Crippen LogP contribution in [-0.4, -0.2) is 16.8 Å². The lowest BCUT2D eigenvalue weighted by Gasteiger charge is -2.11. The van der Waals surface area contributed by atoms with Gasteiger partial charge in [-0.15, -0.1) is 0 Å². The monoisotopic (exact) mass is 355 g/mol. The van der Waals surface area contributed by atoms with Crippen molar-refractivity contribution in [1.29, 1.82) is 5.26 Å². The molecule has 1 unspecified atom stereocenters. The Morgan fingerprint density at radius 3 is 2.69 bits per heavy atom. The Morgan fingerprint density at radius 1 is 1.35 bits per heavy atom. The van der Waals surface area contributed by atoms with E-state index in [1.807, 2.05) is 0 Å². The molecule has 0 aliphatic carbocycles. The summed E-state index contributed by atoms with van der Waals surface area (Å²) < 4.78 is 25.5. The van der Waals surface area contributed by atoms with E-state index in [4.69, 9.17) is 15.4 Å². The van der Waals surface area contributed by atoms with Crippen LogP contribution in [0.3, 0.4) is 0 Å². The van der Waals surface area contributed by atoms with Crippen LogP contribution in [-0.2, 0) is 18.2 Å². The molecule has 0 spiro atoms. The zero-order valence-electron chi connectivity index (χ0n) is 13.7. The van der Waals surface area contributed by atoms with E-state index in [0.717, 1.165) is 0 Å². The molecule has 0 aliphatic rings. The highest BCUT2D eigenvalue weighted by Gasteiger charge is 2.16. The SMILES string of the molecule is Cn1c(=O)oc2ccc(-c3ccc(CC(C#N)OC(N)=O)c(F)c3)cc21. The fourth-order valence-electron chi connectivity index (χ4n) is 2.65. The third-order valence-electron chi connectivity index (χ3n) is 3.99. The first-order chi connectivity index (χ1) is 12.4. The first kappa shape index (κ1) is 17.2. The van der Waals surface area contributed by atoms with Gasteiger partial charge in [-0.2, -0.15) is 5.26 Å². The van der Waals surface area contributed by atoms with E-state index in [2.05, 4.69) is 4.74 Å². The number of nitriles is 1. The van der Waals surface area contributed by atoms with E-state index in [-0.39, 0.29) is 12.0 Å². The van der Waals surface area contributed by atoms with E-state index in [0.29, 0.717) is 22.2 Å². The molecule has 0 radical (unpaired) electrons. The molecule has 1 amide bonds. The van der Waals surface area contributed by atoms with Gasteiger partial charge in [0.05, 0.1) is 5.52 Å². The summed E-state index contributed by atoms with van der Waals surface area (Å²) in [6.07, 6.45) is -2.36. The number of halogens is 1. The third kappa shape index (κ3) is 3.28. The fraction of sp³-hybridized carbons (Fsp3) is 0.167. The van der Waals surface area contributed by atoms with Crippen molar-refractivity contribution in [2.45, 2.75) is 12.5 Å². The number of carbonyl (C=O) groups is 1. The molecular formula is C18H14FN3O4. The highest BCUT2D eigenvalue weighted by atomic mass is 19.1. The van der Waals surface area contributed by atoms with Gasteiger partial charge in [-0.25, -0.2) is 14.0 Å². The number of aromatic nitrogens is 1. The summed E-state index contributed by atoms with van der Waals surface area (Å²) in [5, 5.41) is 8.95. The fourth-order valence-corrected chi connectivity index (χ4v) is 2.65. The number of oxazole rings is 1. The minimum atomic E-state index is -1.16. The highest BCUT2D eigenvalue weighted by molar-refractivity contribution is 5.80. The Hall–Kier alpha value is -3.60. The maximum atomic E-state index is 14.4. The van der Waals surface area contributed by atoms with Crippen LogP contribution < -0.4 is 11.5 Å². The van der Waals surface area contributed by atoms with Gasteiger partial charge >= 0.3 is 11.8 Å². The van der Waals surface area contributed by atoms with Gasteiger partial charge in [0.15, 0.2) is 11.7 Å². The van der Waals surface area contributed by atoms with Gasteiger partial charge in [-0.05, 0) is 34.9 Å². The van der Waals surface area contributed by atoms with Crippen LogP contribution in [0.2, 0.25) is 0 Å². The summed E-state index contributed by atoms with van der Waals surface area (Å²) in [6.45, 7) is 0. The second-order valence-electron chi connectivity index (χ2n) is 5.67. The molecule has 0 saturated heterocycles. The number of hydrogen-bond acceptors (Lipinski definition) is 5. The molecule has 26 heavy (non-hydrogen) atoms. The van der Waals surface area contributed by atoms with Gasteiger partial charge in [0.1, 0.15) is 11.9 Å². The zero-order chi connectivity index (χ0) is 18.8. The van der Waals surface area contributed by atoms with Crippen molar-refractivity contribution >= 4 is 17.2 Å².